The molecule has 166 valence electrons. The maximum atomic E-state index is 12.5. The molecule has 1 fully saturated rings. The van der Waals surface area contributed by atoms with Crippen molar-refractivity contribution in [1.82, 2.24) is 29.7 Å². The third-order valence-electron chi connectivity index (χ3n) is 5.04. The van der Waals surface area contributed by atoms with Crippen LogP contribution in [0.3, 0.4) is 0 Å². The fourth-order valence-electron chi connectivity index (χ4n) is 3.41. The van der Waals surface area contributed by atoms with Crippen molar-refractivity contribution >= 4 is 17.4 Å². The van der Waals surface area contributed by atoms with Gasteiger partial charge in [0.15, 0.2) is 5.65 Å². The summed E-state index contributed by atoms with van der Waals surface area (Å²) in [6, 6.07) is 6.26. The van der Waals surface area contributed by atoms with Crippen LogP contribution in [0.1, 0.15) is 28.8 Å². The zero-order valence-corrected chi connectivity index (χ0v) is 17.6. The van der Waals surface area contributed by atoms with E-state index in [0.717, 1.165) is 48.7 Å². The molecule has 0 atom stereocenters. The summed E-state index contributed by atoms with van der Waals surface area (Å²) in [5.41, 5.74) is 2.02. The lowest BCUT2D eigenvalue weighted by atomic mass is 10.3. The molecular weight excluding hydrogens is 416 g/mol. The van der Waals surface area contributed by atoms with E-state index in [9.17, 15) is 13.6 Å². The number of nitrogens with one attached hydrogen (secondary N) is 1. The van der Waals surface area contributed by atoms with Crippen LogP contribution in [0.25, 0.3) is 5.65 Å². The Hall–Kier alpha value is -3.82. The summed E-state index contributed by atoms with van der Waals surface area (Å²) in [5.74, 6) is -0.0977. The first-order valence-corrected chi connectivity index (χ1v) is 10.3. The van der Waals surface area contributed by atoms with Gasteiger partial charge in [-0.1, -0.05) is 0 Å². The van der Waals surface area contributed by atoms with Crippen LogP contribution in [0.5, 0.6) is 0 Å². The third kappa shape index (κ3) is 5.08. The van der Waals surface area contributed by atoms with Crippen LogP contribution >= 0.6 is 0 Å². The number of nitrogens with zero attached hydrogens (tertiary/aromatic N) is 6. The Balaban J connectivity index is 0.000000260. The zero-order chi connectivity index (χ0) is 22.5. The molecule has 10 heteroatoms. The standard InChI is InChI=1S/C16H19N7O.C6H4F2/c1-21-11-12(9-18-21)8-17-16(24)13-10-19-23-7-4-14(20-15(13)23)22-5-2-3-6-22;7-5-1-2-6(8)4-3-5/h4,7,9-11H,2-3,5-6,8H2,1H3,(H,17,24);1-4H. The molecule has 4 heterocycles. The minimum atomic E-state index is -0.411. The number of carbonyl (C=O) groups excluding carboxylic acids is 1. The molecule has 1 aliphatic heterocycles. The second-order valence-corrected chi connectivity index (χ2v) is 7.45. The smallest absolute Gasteiger partial charge is 0.257 e. The number of amides is 1. The number of benzene rings is 1. The molecule has 0 spiro atoms. The maximum absolute atomic E-state index is 12.5. The molecule has 1 saturated heterocycles. The van der Waals surface area contributed by atoms with E-state index in [0.29, 0.717) is 17.8 Å². The van der Waals surface area contributed by atoms with Gasteiger partial charge in [-0.15, -0.1) is 0 Å². The number of rotatable bonds is 4. The maximum Gasteiger partial charge on any atom is 0.257 e. The van der Waals surface area contributed by atoms with E-state index in [2.05, 4.69) is 25.4 Å². The molecule has 8 nitrogen and oxygen atoms in total. The Kier molecular flexibility index (Phi) is 6.39. The monoisotopic (exact) mass is 439 g/mol. The molecule has 4 aromatic rings. The minimum Gasteiger partial charge on any atom is -0.357 e. The first-order valence-electron chi connectivity index (χ1n) is 10.3. The van der Waals surface area contributed by atoms with Crippen molar-refractivity contribution in [3.63, 3.8) is 0 Å². The van der Waals surface area contributed by atoms with E-state index >= 15 is 0 Å². The van der Waals surface area contributed by atoms with Crippen molar-refractivity contribution in [1.29, 1.82) is 0 Å². The molecular formula is C22H23F2N7O. The van der Waals surface area contributed by atoms with Crippen LogP contribution in [0.4, 0.5) is 14.6 Å². The van der Waals surface area contributed by atoms with Crippen LogP contribution in [-0.2, 0) is 13.6 Å². The van der Waals surface area contributed by atoms with E-state index < -0.39 is 11.6 Å². The molecule has 1 aliphatic rings. The molecule has 5 rings (SSSR count). The summed E-state index contributed by atoms with van der Waals surface area (Å²) in [5, 5.41) is 11.2. The molecule has 0 radical (unpaired) electrons. The second-order valence-electron chi connectivity index (χ2n) is 7.45. The quantitative estimate of drug-likeness (QED) is 0.529. The van der Waals surface area contributed by atoms with Crippen LogP contribution in [0.2, 0.25) is 0 Å². The molecule has 1 aromatic carbocycles. The van der Waals surface area contributed by atoms with Crippen molar-refractivity contribution in [2.75, 3.05) is 18.0 Å². The SMILES string of the molecule is Cn1cc(CNC(=O)c2cnn3ccc(N4CCCC4)nc23)cn1.Fc1ccc(F)cc1. The molecule has 0 aliphatic carbocycles. The molecule has 3 aromatic heterocycles. The van der Waals surface area contributed by atoms with Gasteiger partial charge < -0.3 is 10.2 Å². The van der Waals surface area contributed by atoms with Crippen LogP contribution < -0.4 is 10.2 Å². The minimum absolute atomic E-state index is 0.181. The Morgan fingerprint density at radius 2 is 1.72 bits per heavy atom. The number of anilines is 1. The van der Waals surface area contributed by atoms with E-state index in [1.165, 1.54) is 12.8 Å². The van der Waals surface area contributed by atoms with Crippen molar-refractivity contribution < 1.29 is 13.6 Å². The van der Waals surface area contributed by atoms with Gasteiger partial charge >= 0.3 is 0 Å². The second kappa shape index (κ2) is 9.54. The molecule has 0 bridgehead atoms. The normalized spacial score (nSPS) is 13.2. The summed E-state index contributed by atoms with van der Waals surface area (Å²) in [6.07, 6.45) is 9.40. The van der Waals surface area contributed by atoms with Crippen molar-refractivity contribution in [2.45, 2.75) is 19.4 Å². The molecule has 0 saturated carbocycles. The third-order valence-corrected chi connectivity index (χ3v) is 5.04. The number of aromatic nitrogens is 5. The van der Waals surface area contributed by atoms with E-state index in [1.54, 1.807) is 21.6 Å². The highest BCUT2D eigenvalue weighted by atomic mass is 19.1. The summed E-state index contributed by atoms with van der Waals surface area (Å²) >= 11 is 0. The largest absolute Gasteiger partial charge is 0.357 e. The fourth-order valence-corrected chi connectivity index (χ4v) is 3.41. The van der Waals surface area contributed by atoms with Crippen molar-refractivity contribution in [3.05, 3.63) is 77.9 Å². The van der Waals surface area contributed by atoms with Gasteiger partial charge in [0, 0.05) is 44.6 Å². The van der Waals surface area contributed by atoms with Gasteiger partial charge in [-0.25, -0.2) is 18.3 Å². The first-order chi connectivity index (χ1) is 15.5. The Morgan fingerprint density at radius 1 is 1.03 bits per heavy atom. The van der Waals surface area contributed by atoms with Crippen LogP contribution in [0, 0.1) is 11.6 Å². The summed E-state index contributed by atoms with van der Waals surface area (Å²) in [6.45, 7) is 2.45. The molecule has 0 unspecified atom stereocenters. The van der Waals surface area contributed by atoms with E-state index in [4.69, 9.17) is 0 Å². The Labute approximate surface area is 183 Å². The van der Waals surface area contributed by atoms with Gasteiger partial charge in [0.2, 0.25) is 0 Å². The van der Waals surface area contributed by atoms with Gasteiger partial charge in [0.05, 0.1) is 12.4 Å². The highest BCUT2D eigenvalue weighted by Gasteiger charge is 2.18. The summed E-state index contributed by atoms with van der Waals surface area (Å²) in [4.78, 5) is 19.4. The number of hydrogen-bond donors (Lipinski definition) is 1. The number of halogens is 2. The Bertz CT molecular complexity index is 1180. The summed E-state index contributed by atoms with van der Waals surface area (Å²) in [7, 11) is 1.85. The van der Waals surface area contributed by atoms with E-state index in [-0.39, 0.29) is 5.91 Å². The number of carbonyl (C=O) groups is 1. The zero-order valence-electron chi connectivity index (χ0n) is 17.6. The fraction of sp³-hybridized carbons (Fsp3) is 0.273. The topological polar surface area (TPSA) is 80.4 Å². The van der Waals surface area contributed by atoms with Gasteiger partial charge in [-0.2, -0.15) is 10.2 Å². The number of hydrogen-bond acceptors (Lipinski definition) is 5. The lowest BCUT2D eigenvalue weighted by Gasteiger charge is -2.16. The Morgan fingerprint density at radius 3 is 2.34 bits per heavy atom. The van der Waals surface area contributed by atoms with Gasteiger partial charge in [-0.05, 0) is 43.2 Å². The van der Waals surface area contributed by atoms with Gasteiger partial charge in [0.25, 0.3) is 5.91 Å². The molecule has 1 N–H and O–H groups in total. The average molecular weight is 439 g/mol. The van der Waals surface area contributed by atoms with Crippen LogP contribution in [0.15, 0.2) is 55.1 Å². The molecule has 32 heavy (non-hydrogen) atoms. The lowest BCUT2D eigenvalue weighted by molar-refractivity contribution is 0.0952. The van der Waals surface area contributed by atoms with Crippen molar-refractivity contribution in [2.24, 2.45) is 7.05 Å². The lowest BCUT2D eigenvalue weighted by Crippen LogP contribution is -2.23. The van der Waals surface area contributed by atoms with Crippen LogP contribution in [-0.4, -0.2) is 43.4 Å². The predicted octanol–water partition coefficient (Wildman–Crippen LogP) is 2.96. The predicted molar refractivity (Wildman–Crippen MR) is 115 cm³/mol. The highest BCUT2D eigenvalue weighted by Crippen LogP contribution is 2.19. The summed E-state index contributed by atoms with van der Waals surface area (Å²) < 4.78 is 27.2. The molecule has 1 amide bonds. The number of fused-ring (bicyclic) bond motifs is 1. The van der Waals surface area contributed by atoms with Gasteiger partial charge in [0.1, 0.15) is 23.0 Å². The van der Waals surface area contributed by atoms with Gasteiger partial charge in [-0.3, -0.25) is 9.48 Å². The van der Waals surface area contributed by atoms with Crippen molar-refractivity contribution in [3.8, 4) is 0 Å². The average Bonchev–Trinajstić information content (AvgIpc) is 3.55. The number of aryl methyl sites for hydroxylation is 1. The highest BCUT2D eigenvalue weighted by molar-refractivity contribution is 5.99. The van der Waals surface area contributed by atoms with E-state index in [1.807, 2.05) is 25.5 Å². The first kappa shape index (κ1) is 21.4.